The molecule has 9 nitrogen and oxygen atoms in total. The molecule has 1 aromatic carbocycles. The molecular formula is C29H45N3O6. The Hall–Kier alpha value is -2.94. The van der Waals surface area contributed by atoms with Gasteiger partial charge >= 0.3 is 5.97 Å². The first-order chi connectivity index (χ1) is 17.9. The fourth-order valence-electron chi connectivity index (χ4n) is 4.95. The summed E-state index contributed by atoms with van der Waals surface area (Å²) in [6, 6.07) is 7.25. The molecule has 5 N–H and O–H groups in total. The van der Waals surface area contributed by atoms with Gasteiger partial charge < -0.3 is 26.2 Å². The SMILES string of the molecule is CC[C@@H]1CC1(C[C@H](O)[C@H](Cc1ccccc1)NC(=O)CC(NC(=O)CC(C)C)C(=O)O)C(=O)NCC(C)C. The molecule has 3 amide bonds. The van der Waals surface area contributed by atoms with Crippen molar-refractivity contribution in [1.82, 2.24) is 16.0 Å². The molecule has 38 heavy (non-hydrogen) atoms. The molecule has 0 spiro atoms. The van der Waals surface area contributed by atoms with Crippen LogP contribution in [0.15, 0.2) is 30.3 Å². The summed E-state index contributed by atoms with van der Waals surface area (Å²) in [4.78, 5) is 49.9. The first-order valence-corrected chi connectivity index (χ1v) is 13.7. The highest BCUT2D eigenvalue weighted by Gasteiger charge is 2.59. The van der Waals surface area contributed by atoms with Crippen LogP contribution in [0, 0.1) is 23.2 Å². The van der Waals surface area contributed by atoms with Crippen LogP contribution in [0.3, 0.4) is 0 Å². The van der Waals surface area contributed by atoms with E-state index in [2.05, 4.69) is 16.0 Å². The molecule has 0 bridgehead atoms. The first-order valence-electron chi connectivity index (χ1n) is 13.7. The highest BCUT2D eigenvalue weighted by atomic mass is 16.4. The standard InChI is InChI=1S/C29H45N3O6/c1-6-21-15-29(21,28(38)30-17-19(4)5)16-24(33)22(13-20-10-8-7-9-11-20)31-26(35)14-23(27(36)37)32-25(34)12-18(2)3/h7-11,18-19,21-24,33H,6,12-17H2,1-5H3,(H,30,38)(H,31,35)(H,32,34)(H,36,37)/t21-,22+,23?,24+,29?/m1/s1. The van der Waals surface area contributed by atoms with Crippen molar-refractivity contribution in [2.24, 2.45) is 23.2 Å². The van der Waals surface area contributed by atoms with Gasteiger partial charge in [-0.15, -0.1) is 0 Å². The lowest BCUT2D eigenvalue weighted by molar-refractivity contribution is -0.143. The lowest BCUT2D eigenvalue weighted by Crippen LogP contribution is -2.50. The molecule has 0 heterocycles. The van der Waals surface area contributed by atoms with Crippen molar-refractivity contribution in [1.29, 1.82) is 0 Å². The van der Waals surface area contributed by atoms with Gasteiger partial charge in [0.25, 0.3) is 0 Å². The van der Waals surface area contributed by atoms with E-state index in [1.54, 1.807) is 0 Å². The number of aliphatic hydroxyl groups is 1. The molecule has 1 aliphatic rings. The van der Waals surface area contributed by atoms with Crippen LogP contribution in [0.2, 0.25) is 0 Å². The summed E-state index contributed by atoms with van der Waals surface area (Å²) in [7, 11) is 0. The van der Waals surface area contributed by atoms with Crippen LogP contribution in [-0.2, 0) is 25.6 Å². The highest BCUT2D eigenvalue weighted by molar-refractivity contribution is 5.89. The molecular weight excluding hydrogens is 486 g/mol. The molecule has 1 aliphatic carbocycles. The van der Waals surface area contributed by atoms with E-state index in [1.807, 2.05) is 65.0 Å². The third-order valence-corrected chi connectivity index (χ3v) is 7.15. The topological polar surface area (TPSA) is 145 Å². The zero-order valence-electron chi connectivity index (χ0n) is 23.3. The normalized spacial score (nSPS) is 20.9. The van der Waals surface area contributed by atoms with Gasteiger partial charge in [-0.2, -0.15) is 0 Å². The number of nitrogens with one attached hydrogen (secondary N) is 3. The minimum absolute atomic E-state index is 0.0445. The Balaban J connectivity index is 2.16. The Morgan fingerprint density at radius 2 is 1.61 bits per heavy atom. The summed E-state index contributed by atoms with van der Waals surface area (Å²) in [6.45, 7) is 10.3. The number of carbonyl (C=O) groups excluding carboxylic acids is 3. The van der Waals surface area contributed by atoms with Gasteiger partial charge in [-0.1, -0.05) is 71.4 Å². The molecule has 0 radical (unpaired) electrons. The summed E-state index contributed by atoms with van der Waals surface area (Å²) in [5, 5.41) is 29.1. The summed E-state index contributed by atoms with van der Waals surface area (Å²) >= 11 is 0. The Labute approximate surface area is 226 Å². The molecule has 2 rings (SSSR count). The maximum absolute atomic E-state index is 13.1. The number of carboxylic acids is 1. The van der Waals surface area contributed by atoms with E-state index in [1.165, 1.54) is 0 Å². The third kappa shape index (κ3) is 9.42. The Bertz CT molecular complexity index is 951. The van der Waals surface area contributed by atoms with Crippen LogP contribution in [0.4, 0.5) is 0 Å². The summed E-state index contributed by atoms with van der Waals surface area (Å²) in [5.41, 5.74) is 0.204. The fraction of sp³-hybridized carbons (Fsp3) is 0.655. The minimum Gasteiger partial charge on any atom is -0.480 e. The zero-order chi connectivity index (χ0) is 28.5. The lowest BCUT2D eigenvalue weighted by atomic mass is 9.88. The molecule has 0 saturated heterocycles. The van der Waals surface area contributed by atoms with Crippen molar-refractivity contribution in [3.8, 4) is 0 Å². The highest BCUT2D eigenvalue weighted by Crippen LogP contribution is 2.58. The van der Waals surface area contributed by atoms with Crippen molar-refractivity contribution in [3.63, 3.8) is 0 Å². The smallest absolute Gasteiger partial charge is 0.326 e. The van der Waals surface area contributed by atoms with Gasteiger partial charge in [-0.3, -0.25) is 14.4 Å². The number of rotatable bonds is 16. The molecule has 1 aromatic rings. The van der Waals surface area contributed by atoms with Crippen molar-refractivity contribution < 1.29 is 29.4 Å². The molecule has 5 atom stereocenters. The van der Waals surface area contributed by atoms with Crippen molar-refractivity contribution >= 4 is 23.7 Å². The maximum atomic E-state index is 13.1. The van der Waals surface area contributed by atoms with Gasteiger partial charge in [0.05, 0.1) is 24.0 Å². The van der Waals surface area contributed by atoms with E-state index in [0.717, 1.165) is 12.0 Å². The average Bonchev–Trinajstić information content (AvgIpc) is 3.55. The monoisotopic (exact) mass is 531 g/mol. The molecule has 1 fully saturated rings. The van der Waals surface area contributed by atoms with E-state index in [0.29, 0.717) is 25.3 Å². The molecule has 0 aromatic heterocycles. The summed E-state index contributed by atoms with van der Waals surface area (Å²) in [5.74, 6) is -1.90. The fourth-order valence-corrected chi connectivity index (χ4v) is 4.95. The van der Waals surface area contributed by atoms with E-state index in [9.17, 15) is 29.4 Å². The van der Waals surface area contributed by atoms with Gasteiger partial charge in [-0.05, 0) is 42.6 Å². The van der Waals surface area contributed by atoms with E-state index in [-0.39, 0.29) is 30.6 Å². The Kier molecular flexibility index (Phi) is 11.8. The summed E-state index contributed by atoms with van der Waals surface area (Å²) < 4.78 is 0. The quantitative estimate of drug-likeness (QED) is 0.222. The lowest BCUT2D eigenvalue weighted by Gasteiger charge is -2.29. The van der Waals surface area contributed by atoms with E-state index < -0.39 is 47.8 Å². The van der Waals surface area contributed by atoms with Crippen LogP contribution in [0.5, 0.6) is 0 Å². The number of carboxylic acid groups (broad SMARTS) is 1. The van der Waals surface area contributed by atoms with Gasteiger partial charge in [-0.25, -0.2) is 4.79 Å². The average molecular weight is 532 g/mol. The van der Waals surface area contributed by atoms with Gasteiger partial charge in [0.2, 0.25) is 17.7 Å². The van der Waals surface area contributed by atoms with E-state index >= 15 is 0 Å². The second kappa shape index (κ2) is 14.3. The number of amides is 3. The maximum Gasteiger partial charge on any atom is 0.326 e. The molecule has 2 unspecified atom stereocenters. The second-order valence-electron chi connectivity index (χ2n) is 11.5. The number of hydrogen-bond donors (Lipinski definition) is 5. The molecule has 9 heteroatoms. The van der Waals surface area contributed by atoms with Crippen LogP contribution in [0.25, 0.3) is 0 Å². The van der Waals surface area contributed by atoms with Crippen LogP contribution >= 0.6 is 0 Å². The number of carbonyl (C=O) groups is 4. The number of aliphatic hydroxyl groups excluding tert-OH is 1. The van der Waals surface area contributed by atoms with Crippen molar-refractivity contribution in [3.05, 3.63) is 35.9 Å². The molecule has 212 valence electrons. The van der Waals surface area contributed by atoms with Crippen LogP contribution < -0.4 is 16.0 Å². The van der Waals surface area contributed by atoms with Crippen LogP contribution in [0.1, 0.15) is 72.3 Å². The number of benzene rings is 1. The van der Waals surface area contributed by atoms with Crippen LogP contribution in [-0.4, -0.2) is 58.6 Å². The zero-order valence-corrected chi connectivity index (χ0v) is 23.3. The van der Waals surface area contributed by atoms with Gasteiger partial charge in [0, 0.05) is 13.0 Å². The Morgan fingerprint density at radius 3 is 2.13 bits per heavy atom. The molecule has 0 aliphatic heterocycles. The number of aliphatic carboxylic acids is 1. The van der Waals surface area contributed by atoms with Crippen molar-refractivity contribution in [2.45, 2.75) is 91.3 Å². The van der Waals surface area contributed by atoms with Crippen molar-refractivity contribution in [2.75, 3.05) is 6.54 Å². The van der Waals surface area contributed by atoms with E-state index in [4.69, 9.17) is 0 Å². The first kappa shape index (κ1) is 31.3. The van der Waals surface area contributed by atoms with Gasteiger partial charge in [0.1, 0.15) is 6.04 Å². The second-order valence-corrected chi connectivity index (χ2v) is 11.5. The third-order valence-electron chi connectivity index (χ3n) is 7.15. The van der Waals surface area contributed by atoms with Gasteiger partial charge in [0.15, 0.2) is 0 Å². The summed E-state index contributed by atoms with van der Waals surface area (Å²) in [6.07, 6.45) is 0.661. The predicted octanol–water partition coefficient (Wildman–Crippen LogP) is 2.66. The largest absolute Gasteiger partial charge is 0.480 e. The number of hydrogen-bond acceptors (Lipinski definition) is 5. The predicted molar refractivity (Wildman–Crippen MR) is 145 cm³/mol. The molecule has 1 saturated carbocycles. The minimum atomic E-state index is -1.38. The Morgan fingerprint density at radius 1 is 0.974 bits per heavy atom.